The maximum Gasteiger partial charge on any atom is 0.314 e. The molecule has 2 unspecified atom stereocenters. The van der Waals surface area contributed by atoms with E-state index in [1.54, 1.807) is 24.3 Å². The molecule has 7 heteroatoms. The minimum absolute atomic E-state index is 0.0921. The van der Waals surface area contributed by atoms with Crippen molar-refractivity contribution in [3.63, 3.8) is 0 Å². The summed E-state index contributed by atoms with van der Waals surface area (Å²) in [5.74, 6) is -1.33. The summed E-state index contributed by atoms with van der Waals surface area (Å²) in [4.78, 5) is 23.0. The van der Waals surface area contributed by atoms with Gasteiger partial charge in [-0.15, -0.1) is 0 Å². The number of ether oxygens (including phenoxy) is 3. The number of carboxylic acid groups (broad SMARTS) is 1. The standard InChI is InChI=1S/C20H24O4.C11H14O3/c1-20(2,19(21)22-3)18(17-12-8-5-9-13-17)24-15-23-14-16-10-6-4-7-11-16;1-11(2,10(13)14)9(12)8-6-4-3-5-7-8/h4-13,18H,14-15H2,1-3H3;3-7,9,12H,1-2H3,(H,13,14). The molecule has 0 heterocycles. The molecule has 0 fully saturated rings. The van der Waals surface area contributed by atoms with E-state index < -0.39 is 29.0 Å². The fourth-order valence-electron chi connectivity index (χ4n) is 3.74. The number of aliphatic carboxylic acids is 1. The van der Waals surface area contributed by atoms with Crippen molar-refractivity contribution in [1.29, 1.82) is 0 Å². The summed E-state index contributed by atoms with van der Waals surface area (Å²) >= 11 is 0. The van der Waals surface area contributed by atoms with E-state index in [0.717, 1.165) is 11.1 Å². The van der Waals surface area contributed by atoms with Crippen LogP contribution < -0.4 is 0 Å². The smallest absolute Gasteiger partial charge is 0.314 e. The number of carbonyl (C=O) groups excluding carboxylic acids is 1. The Kier molecular flexibility index (Phi) is 11.7. The van der Waals surface area contributed by atoms with Crippen LogP contribution in [0.1, 0.15) is 56.6 Å². The van der Waals surface area contributed by atoms with Crippen molar-refractivity contribution in [2.45, 2.75) is 46.5 Å². The Hall–Kier alpha value is -3.52. The van der Waals surface area contributed by atoms with Crippen LogP contribution in [0.5, 0.6) is 0 Å². The fourth-order valence-corrected chi connectivity index (χ4v) is 3.74. The molecule has 2 atom stereocenters. The summed E-state index contributed by atoms with van der Waals surface area (Å²) in [6.07, 6.45) is -1.44. The number of methoxy groups -OCH3 is 1. The van der Waals surface area contributed by atoms with Crippen molar-refractivity contribution in [3.05, 3.63) is 108 Å². The predicted molar refractivity (Wildman–Crippen MR) is 145 cm³/mol. The fraction of sp³-hybridized carbons (Fsp3) is 0.355. The largest absolute Gasteiger partial charge is 0.481 e. The monoisotopic (exact) mass is 522 g/mol. The Morgan fingerprint density at radius 2 is 1.24 bits per heavy atom. The van der Waals surface area contributed by atoms with Gasteiger partial charge in [-0.3, -0.25) is 9.59 Å². The van der Waals surface area contributed by atoms with Crippen LogP contribution in [0, 0.1) is 10.8 Å². The van der Waals surface area contributed by atoms with Crippen LogP contribution in [0.3, 0.4) is 0 Å². The highest BCUT2D eigenvalue weighted by molar-refractivity contribution is 5.77. The van der Waals surface area contributed by atoms with Gasteiger partial charge >= 0.3 is 11.9 Å². The normalized spacial score (nSPS) is 13.0. The van der Waals surface area contributed by atoms with Gasteiger partial charge in [0.05, 0.1) is 30.7 Å². The highest BCUT2D eigenvalue weighted by Crippen LogP contribution is 2.37. The second-order valence-electron chi connectivity index (χ2n) is 9.96. The second-order valence-corrected chi connectivity index (χ2v) is 9.96. The molecule has 0 aliphatic carbocycles. The lowest BCUT2D eigenvalue weighted by Gasteiger charge is -2.31. The molecule has 0 radical (unpaired) electrons. The van der Waals surface area contributed by atoms with Gasteiger partial charge in [0.1, 0.15) is 12.9 Å². The highest BCUT2D eigenvalue weighted by atomic mass is 16.7. The van der Waals surface area contributed by atoms with Crippen molar-refractivity contribution in [3.8, 4) is 0 Å². The van der Waals surface area contributed by atoms with E-state index in [-0.39, 0.29) is 12.8 Å². The summed E-state index contributed by atoms with van der Waals surface area (Å²) in [5.41, 5.74) is 0.619. The quantitative estimate of drug-likeness (QED) is 0.182. The third-order valence-electron chi connectivity index (χ3n) is 6.25. The first-order chi connectivity index (χ1) is 18.0. The summed E-state index contributed by atoms with van der Waals surface area (Å²) in [6.45, 7) is 7.19. The Morgan fingerprint density at radius 3 is 1.71 bits per heavy atom. The minimum atomic E-state index is -1.17. The molecule has 0 spiro atoms. The van der Waals surface area contributed by atoms with Crippen LogP contribution in [0.15, 0.2) is 91.0 Å². The van der Waals surface area contributed by atoms with E-state index in [0.29, 0.717) is 12.2 Å². The Labute approximate surface area is 225 Å². The molecule has 204 valence electrons. The van der Waals surface area contributed by atoms with Crippen molar-refractivity contribution in [2.75, 3.05) is 13.9 Å². The molecule has 7 nitrogen and oxygen atoms in total. The summed E-state index contributed by atoms with van der Waals surface area (Å²) in [6, 6.07) is 28.3. The zero-order chi connectivity index (χ0) is 28.2. The summed E-state index contributed by atoms with van der Waals surface area (Å²) in [7, 11) is 1.39. The van der Waals surface area contributed by atoms with Gasteiger partial charge < -0.3 is 24.4 Å². The molecule has 3 rings (SSSR count). The predicted octanol–water partition coefficient (Wildman–Crippen LogP) is 5.95. The topological polar surface area (TPSA) is 102 Å². The first-order valence-corrected chi connectivity index (χ1v) is 12.3. The van der Waals surface area contributed by atoms with E-state index in [2.05, 4.69) is 0 Å². The number of rotatable bonds is 11. The van der Waals surface area contributed by atoms with Crippen LogP contribution in [0.25, 0.3) is 0 Å². The van der Waals surface area contributed by atoms with Crippen LogP contribution in [-0.4, -0.2) is 36.1 Å². The zero-order valence-electron chi connectivity index (χ0n) is 22.7. The molecule has 2 N–H and O–H groups in total. The van der Waals surface area contributed by atoms with E-state index >= 15 is 0 Å². The SMILES string of the molecule is CC(C)(C(=O)O)C(O)c1ccccc1.COC(=O)C(C)(C)C(OCOCc1ccccc1)c1ccccc1. The van der Waals surface area contributed by atoms with E-state index in [1.807, 2.05) is 80.6 Å². The van der Waals surface area contributed by atoms with Crippen LogP contribution in [-0.2, 0) is 30.4 Å². The molecule has 3 aromatic carbocycles. The Bertz CT molecular complexity index is 1110. The molecule has 0 bridgehead atoms. The Balaban J connectivity index is 0.000000308. The molecule has 3 aromatic rings. The van der Waals surface area contributed by atoms with Gasteiger partial charge in [0.25, 0.3) is 0 Å². The summed E-state index contributed by atoms with van der Waals surface area (Å²) in [5, 5.41) is 18.8. The molecular formula is C31H38O7. The maximum atomic E-state index is 12.2. The van der Waals surface area contributed by atoms with Gasteiger partial charge in [0.15, 0.2) is 0 Å². The number of carboxylic acids is 1. The lowest BCUT2D eigenvalue weighted by atomic mass is 9.82. The third kappa shape index (κ3) is 8.52. The molecule has 38 heavy (non-hydrogen) atoms. The average Bonchev–Trinajstić information content (AvgIpc) is 2.93. The van der Waals surface area contributed by atoms with E-state index in [9.17, 15) is 14.7 Å². The number of aliphatic hydroxyl groups excluding tert-OH is 1. The zero-order valence-corrected chi connectivity index (χ0v) is 22.7. The van der Waals surface area contributed by atoms with E-state index in [1.165, 1.54) is 21.0 Å². The molecule has 0 amide bonds. The average molecular weight is 523 g/mol. The number of esters is 1. The highest BCUT2D eigenvalue weighted by Gasteiger charge is 2.40. The Morgan fingerprint density at radius 1 is 0.763 bits per heavy atom. The molecule has 0 aliphatic heterocycles. The van der Waals surface area contributed by atoms with Gasteiger partial charge in [0, 0.05) is 0 Å². The molecule has 0 saturated carbocycles. The van der Waals surface area contributed by atoms with E-state index in [4.69, 9.17) is 19.3 Å². The first-order valence-electron chi connectivity index (χ1n) is 12.3. The van der Waals surface area contributed by atoms with Gasteiger partial charge in [-0.2, -0.15) is 0 Å². The third-order valence-corrected chi connectivity index (χ3v) is 6.25. The van der Waals surface area contributed by atoms with Crippen molar-refractivity contribution in [1.82, 2.24) is 0 Å². The number of hydrogen-bond acceptors (Lipinski definition) is 6. The number of carbonyl (C=O) groups is 2. The second kappa shape index (κ2) is 14.4. The summed E-state index contributed by atoms with van der Waals surface area (Å²) < 4.78 is 16.5. The molecule has 0 saturated heterocycles. The number of hydrogen-bond donors (Lipinski definition) is 2. The van der Waals surface area contributed by atoms with Gasteiger partial charge in [-0.25, -0.2) is 0 Å². The molecule has 0 aromatic heterocycles. The number of aliphatic hydroxyl groups is 1. The van der Waals surface area contributed by atoms with Crippen molar-refractivity contribution < 1.29 is 34.0 Å². The van der Waals surface area contributed by atoms with Gasteiger partial charge in [0.2, 0.25) is 0 Å². The van der Waals surface area contributed by atoms with Crippen LogP contribution >= 0.6 is 0 Å². The maximum absolute atomic E-state index is 12.2. The van der Waals surface area contributed by atoms with Crippen LogP contribution in [0.2, 0.25) is 0 Å². The van der Waals surface area contributed by atoms with Gasteiger partial charge in [-0.1, -0.05) is 91.0 Å². The minimum Gasteiger partial charge on any atom is -0.481 e. The van der Waals surface area contributed by atoms with Gasteiger partial charge in [-0.05, 0) is 44.4 Å². The first kappa shape index (κ1) is 30.7. The molecular weight excluding hydrogens is 484 g/mol. The lowest BCUT2D eigenvalue weighted by Crippen LogP contribution is -2.34. The number of benzene rings is 3. The van der Waals surface area contributed by atoms with Crippen LogP contribution in [0.4, 0.5) is 0 Å². The lowest BCUT2D eigenvalue weighted by molar-refractivity contribution is -0.172. The van der Waals surface area contributed by atoms with Crippen molar-refractivity contribution >= 4 is 11.9 Å². The molecule has 0 aliphatic rings. The van der Waals surface area contributed by atoms with Crippen molar-refractivity contribution in [2.24, 2.45) is 10.8 Å².